The van der Waals surface area contributed by atoms with E-state index in [1.807, 2.05) is 31.2 Å². The predicted octanol–water partition coefficient (Wildman–Crippen LogP) is 8.34. The van der Waals surface area contributed by atoms with E-state index < -0.39 is 19.2 Å². The van der Waals surface area contributed by atoms with Crippen LogP contribution in [0, 0.1) is 6.92 Å². The fraction of sp³-hybridized carbons (Fsp3) is 0.0909. The standard InChI is InChI=1S/C44H36N2O4P/c1-30-42(29-51(35-13-7-4-8-14-35,36-15-9-5-10-16-36)37-17-11-6-12-18-37)46-41-28-39(32-21-25-34(26-22-32)44(48)50-3)38(27-40(41)45-30)31-19-23-33(24-20-31)43(47)49-2/h4-28H,29H2,1-3H3/q+1. The summed E-state index contributed by atoms with van der Waals surface area (Å²) in [6.07, 6.45) is 0.694. The minimum absolute atomic E-state index is 0.395. The summed E-state index contributed by atoms with van der Waals surface area (Å²) in [6, 6.07) is 51.2. The van der Waals surface area contributed by atoms with Gasteiger partial charge < -0.3 is 9.47 Å². The zero-order valence-corrected chi connectivity index (χ0v) is 29.5. The lowest BCUT2D eigenvalue weighted by Gasteiger charge is -2.28. The first-order valence-electron chi connectivity index (χ1n) is 16.6. The second-order valence-electron chi connectivity index (χ2n) is 12.3. The Morgan fingerprint density at radius 3 is 1.27 bits per heavy atom. The number of hydrogen-bond donors (Lipinski definition) is 0. The van der Waals surface area contributed by atoms with Gasteiger partial charge in [0.25, 0.3) is 0 Å². The molecule has 51 heavy (non-hydrogen) atoms. The number of benzene rings is 6. The molecule has 0 aliphatic carbocycles. The predicted molar refractivity (Wildman–Crippen MR) is 207 cm³/mol. The second-order valence-corrected chi connectivity index (χ2v) is 15.7. The highest BCUT2D eigenvalue weighted by Gasteiger charge is 2.46. The number of esters is 2. The molecule has 0 fully saturated rings. The molecular weight excluding hydrogens is 651 g/mol. The van der Waals surface area contributed by atoms with Crippen LogP contribution in [0.5, 0.6) is 0 Å². The van der Waals surface area contributed by atoms with Crippen molar-refractivity contribution >= 4 is 46.1 Å². The van der Waals surface area contributed by atoms with E-state index in [0.29, 0.717) is 17.3 Å². The smallest absolute Gasteiger partial charge is 0.337 e. The van der Waals surface area contributed by atoms with Gasteiger partial charge in [0, 0.05) is 0 Å². The monoisotopic (exact) mass is 687 g/mol. The average molecular weight is 688 g/mol. The minimum Gasteiger partial charge on any atom is -0.465 e. The number of aromatic nitrogens is 2. The Morgan fingerprint density at radius 1 is 0.529 bits per heavy atom. The van der Waals surface area contributed by atoms with E-state index in [9.17, 15) is 9.59 Å². The molecule has 0 amide bonds. The van der Waals surface area contributed by atoms with Gasteiger partial charge >= 0.3 is 11.9 Å². The quantitative estimate of drug-likeness (QED) is 0.112. The van der Waals surface area contributed by atoms with Gasteiger partial charge in [-0.3, -0.25) is 0 Å². The molecule has 0 spiro atoms. The van der Waals surface area contributed by atoms with Crippen LogP contribution in [-0.2, 0) is 15.6 Å². The highest BCUT2D eigenvalue weighted by molar-refractivity contribution is 7.95. The Kier molecular flexibility index (Phi) is 9.52. The minimum atomic E-state index is -2.23. The van der Waals surface area contributed by atoms with Crippen molar-refractivity contribution in [1.29, 1.82) is 0 Å². The van der Waals surface area contributed by atoms with Crippen LogP contribution in [0.15, 0.2) is 152 Å². The fourth-order valence-electron chi connectivity index (χ4n) is 6.66. The van der Waals surface area contributed by atoms with Gasteiger partial charge in [-0.15, -0.1) is 0 Å². The molecule has 1 heterocycles. The van der Waals surface area contributed by atoms with Crippen LogP contribution in [0.1, 0.15) is 32.1 Å². The number of ether oxygens (including phenoxy) is 2. The molecule has 6 aromatic carbocycles. The van der Waals surface area contributed by atoms with Gasteiger partial charge in [-0.05, 0) is 102 Å². The molecule has 7 rings (SSSR count). The fourth-order valence-corrected chi connectivity index (χ4v) is 10.9. The average Bonchev–Trinajstić information content (AvgIpc) is 3.20. The number of aryl methyl sites for hydroxylation is 1. The normalized spacial score (nSPS) is 11.3. The van der Waals surface area contributed by atoms with E-state index in [0.717, 1.165) is 44.7 Å². The van der Waals surface area contributed by atoms with Gasteiger partial charge in [0.05, 0.1) is 42.1 Å². The molecule has 1 aromatic heterocycles. The van der Waals surface area contributed by atoms with Crippen molar-refractivity contribution in [3.05, 3.63) is 174 Å². The summed E-state index contributed by atoms with van der Waals surface area (Å²) >= 11 is 0. The molecular formula is C44H36N2O4P+. The van der Waals surface area contributed by atoms with E-state index in [4.69, 9.17) is 19.4 Å². The van der Waals surface area contributed by atoms with Crippen molar-refractivity contribution in [2.24, 2.45) is 0 Å². The molecule has 7 aromatic rings. The van der Waals surface area contributed by atoms with Crippen LogP contribution in [0.2, 0.25) is 0 Å². The summed E-state index contributed by atoms with van der Waals surface area (Å²) < 4.78 is 9.86. The first-order valence-corrected chi connectivity index (χ1v) is 18.6. The largest absolute Gasteiger partial charge is 0.465 e. The molecule has 6 nitrogen and oxygen atoms in total. The third kappa shape index (κ3) is 6.54. The topological polar surface area (TPSA) is 78.4 Å². The molecule has 0 radical (unpaired) electrons. The maximum Gasteiger partial charge on any atom is 0.337 e. The van der Waals surface area contributed by atoms with Crippen LogP contribution in [0.3, 0.4) is 0 Å². The maximum absolute atomic E-state index is 12.3. The third-order valence-electron chi connectivity index (χ3n) is 9.29. The number of methoxy groups -OCH3 is 2. The molecule has 250 valence electrons. The molecule has 0 aliphatic heterocycles. The maximum atomic E-state index is 12.3. The molecule has 0 aliphatic rings. The molecule has 0 saturated carbocycles. The first-order chi connectivity index (χ1) is 24.9. The van der Waals surface area contributed by atoms with Crippen molar-refractivity contribution in [2.45, 2.75) is 13.1 Å². The summed E-state index contributed by atoms with van der Waals surface area (Å²) in [5, 5.41) is 3.84. The summed E-state index contributed by atoms with van der Waals surface area (Å²) in [5.41, 5.74) is 7.93. The van der Waals surface area contributed by atoms with E-state index in [1.54, 1.807) is 24.3 Å². The molecule has 0 bridgehead atoms. The Labute approximate surface area is 298 Å². The number of fused-ring (bicyclic) bond motifs is 1. The van der Waals surface area contributed by atoms with E-state index in [-0.39, 0.29) is 0 Å². The van der Waals surface area contributed by atoms with Crippen LogP contribution >= 0.6 is 7.26 Å². The van der Waals surface area contributed by atoms with Crippen molar-refractivity contribution in [2.75, 3.05) is 14.2 Å². The van der Waals surface area contributed by atoms with Crippen molar-refractivity contribution in [3.8, 4) is 22.3 Å². The lowest BCUT2D eigenvalue weighted by atomic mass is 9.92. The molecule has 0 atom stereocenters. The number of carbonyl (C=O) groups is 2. The zero-order valence-electron chi connectivity index (χ0n) is 28.6. The van der Waals surface area contributed by atoms with Gasteiger partial charge in [-0.2, -0.15) is 0 Å². The van der Waals surface area contributed by atoms with Crippen molar-refractivity contribution < 1.29 is 19.1 Å². The lowest BCUT2D eigenvalue weighted by molar-refractivity contribution is 0.0592. The van der Waals surface area contributed by atoms with Crippen LogP contribution < -0.4 is 15.9 Å². The lowest BCUT2D eigenvalue weighted by Crippen LogP contribution is -2.33. The Morgan fingerprint density at radius 2 is 0.902 bits per heavy atom. The highest BCUT2D eigenvalue weighted by atomic mass is 31.2. The van der Waals surface area contributed by atoms with Crippen molar-refractivity contribution in [3.63, 3.8) is 0 Å². The van der Waals surface area contributed by atoms with Gasteiger partial charge in [0.15, 0.2) is 0 Å². The number of carbonyl (C=O) groups excluding carboxylic acids is 2. The van der Waals surface area contributed by atoms with Gasteiger partial charge in [0.1, 0.15) is 35.0 Å². The van der Waals surface area contributed by atoms with E-state index in [2.05, 4.69) is 103 Å². The SMILES string of the molecule is COC(=O)c1ccc(-c2cc3nc(C)c(C[P+](c4ccccc4)(c4ccccc4)c4ccccc4)nc3cc2-c2ccc(C(=O)OC)cc2)cc1. The first kappa shape index (κ1) is 33.5. The van der Waals surface area contributed by atoms with Gasteiger partial charge in [0.2, 0.25) is 0 Å². The Hall–Kier alpha value is -5.97. The number of hydrogen-bond acceptors (Lipinski definition) is 6. The molecule has 7 heteroatoms. The highest BCUT2D eigenvalue weighted by Crippen LogP contribution is 2.58. The number of rotatable bonds is 9. The molecule has 0 saturated heterocycles. The van der Waals surface area contributed by atoms with Gasteiger partial charge in [-0.1, -0.05) is 78.9 Å². The van der Waals surface area contributed by atoms with E-state index >= 15 is 0 Å². The second kappa shape index (κ2) is 14.5. The summed E-state index contributed by atoms with van der Waals surface area (Å²) in [5.74, 6) is -0.792. The Bertz CT molecular complexity index is 2230. The van der Waals surface area contributed by atoms with Crippen LogP contribution in [-0.4, -0.2) is 36.1 Å². The Balaban J connectivity index is 1.42. The summed E-state index contributed by atoms with van der Waals surface area (Å²) in [6.45, 7) is 2.04. The van der Waals surface area contributed by atoms with Crippen LogP contribution in [0.25, 0.3) is 33.3 Å². The van der Waals surface area contributed by atoms with Crippen molar-refractivity contribution in [1.82, 2.24) is 9.97 Å². The zero-order chi connectivity index (χ0) is 35.4. The molecule has 0 unspecified atom stereocenters. The van der Waals surface area contributed by atoms with Crippen LogP contribution in [0.4, 0.5) is 0 Å². The molecule has 0 N–H and O–H groups in total. The van der Waals surface area contributed by atoms with Gasteiger partial charge in [-0.25, -0.2) is 19.6 Å². The number of nitrogens with zero attached hydrogens (tertiary/aromatic N) is 2. The summed E-state index contributed by atoms with van der Waals surface area (Å²) in [7, 11) is 0.520. The third-order valence-corrected chi connectivity index (χ3v) is 13.6. The van der Waals surface area contributed by atoms with E-state index in [1.165, 1.54) is 30.1 Å². The summed E-state index contributed by atoms with van der Waals surface area (Å²) in [4.78, 5) is 35.0.